The molecule has 132 valence electrons. The Morgan fingerprint density at radius 3 is 2.72 bits per heavy atom. The topological polar surface area (TPSA) is 102 Å². The van der Waals surface area contributed by atoms with E-state index in [1.165, 1.54) is 17.7 Å². The summed E-state index contributed by atoms with van der Waals surface area (Å²) in [7, 11) is -3.44. The Morgan fingerprint density at radius 2 is 2.04 bits per heavy atom. The summed E-state index contributed by atoms with van der Waals surface area (Å²) in [6.07, 6.45) is 3.17. The minimum atomic E-state index is -3.44. The van der Waals surface area contributed by atoms with E-state index in [2.05, 4.69) is 25.0 Å². The lowest BCUT2D eigenvalue weighted by atomic mass is 10.4. The van der Waals surface area contributed by atoms with Gasteiger partial charge >= 0.3 is 0 Å². The van der Waals surface area contributed by atoms with Crippen LogP contribution in [0.2, 0.25) is 0 Å². The minimum absolute atomic E-state index is 0.253. The van der Waals surface area contributed by atoms with Gasteiger partial charge in [-0.2, -0.15) is 0 Å². The molecule has 3 heterocycles. The molecule has 3 aromatic rings. The monoisotopic (exact) mass is 378 g/mol. The number of nitrogens with zero attached hydrogens (tertiary/aromatic N) is 4. The van der Waals surface area contributed by atoms with Crippen molar-refractivity contribution in [1.29, 1.82) is 0 Å². The van der Waals surface area contributed by atoms with Gasteiger partial charge in [0.1, 0.15) is 28.5 Å². The first-order valence-corrected chi connectivity index (χ1v) is 9.93. The molecule has 3 aromatic heterocycles. The number of thiophene rings is 1. The van der Waals surface area contributed by atoms with Crippen molar-refractivity contribution in [2.45, 2.75) is 18.1 Å². The van der Waals surface area contributed by atoms with E-state index < -0.39 is 10.0 Å². The average molecular weight is 378 g/mol. The molecule has 0 aliphatic heterocycles. The molecule has 0 bridgehead atoms. The number of aromatic nitrogens is 4. The van der Waals surface area contributed by atoms with Gasteiger partial charge in [0.25, 0.3) is 0 Å². The number of anilines is 1. The first-order valence-electron chi connectivity index (χ1n) is 7.57. The largest absolute Gasteiger partial charge is 0.369 e. The highest BCUT2D eigenvalue weighted by atomic mass is 32.2. The summed E-state index contributed by atoms with van der Waals surface area (Å²) in [5, 5.41) is 4.82. The fourth-order valence-electron chi connectivity index (χ4n) is 2.17. The number of rotatable bonds is 7. The zero-order valence-electron chi connectivity index (χ0n) is 13.8. The van der Waals surface area contributed by atoms with Crippen molar-refractivity contribution in [3.8, 4) is 5.82 Å². The third-order valence-corrected chi connectivity index (χ3v) is 6.49. The van der Waals surface area contributed by atoms with Crippen LogP contribution in [0.5, 0.6) is 0 Å². The van der Waals surface area contributed by atoms with Gasteiger partial charge < -0.3 is 5.32 Å². The number of hydrogen-bond donors (Lipinski definition) is 2. The molecule has 0 aliphatic rings. The van der Waals surface area contributed by atoms with Gasteiger partial charge in [0.15, 0.2) is 0 Å². The Labute approximate surface area is 150 Å². The molecular weight excluding hydrogens is 360 g/mol. The predicted octanol–water partition coefficient (Wildman–Crippen LogP) is 1.73. The highest BCUT2D eigenvalue weighted by Gasteiger charge is 2.13. The molecule has 3 rings (SSSR count). The second-order valence-corrected chi connectivity index (χ2v) is 8.24. The lowest BCUT2D eigenvalue weighted by Gasteiger charge is -2.09. The Morgan fingerprint density at radius 1 is 1.20 bits per heavy atom. The van der Waals surface area contributed by atoms with Gasteiger partial charge in [0, 0.05) is 24.8 Å². The first kappa shape index (κ1) is 17.5. The Kier molecular flexibility index (Phi) is 5.11. The van der Waals surface area contributed by atoms with Gasteiger partial charge in [-0.1, -0.05) is 6.07 Å². The standard InChI is InChI=1S/C15H18N6O2S2/c1-11-12(2)21(10-19-11)14-8-13(17-9-18-14)16-5-6-20-25(22,23)15-4-3-7-24-15/h3-4,7-10,20H,5-6H2,1-2H3,(H,16,17,18). The van der Waals surface area contributed by atoms with Crippen LogP contribution in [0.25, 0.3) is 5.82 Å². The smallest absolute Gasteiger partial charge is 0.250 e. The van der Waals surface area contributed by atoms with E-state index in [-0.39, 0.29) is 6.54 Å². The maximum atomic E-state index is 12.0. The average Bonchev–Trinajstić information content (AvgIpc) is 3.24. The van der Waals surface area contributed by atoms with Gasteiger partial charge in [-0.3, -0.25) is 4.57 Å². The zero-order chi connectivity index (χ0) is 17.9. The Hall–Kier alpha value is -2.30. The van der Waals surface area contributed by atoms with Crippen LogP contribution in [0.15, 0.2) is 40.4 Å². The molecule has 0 saturated carbocycles. The molecule has 0 aromatic carbocycles. The molecule has 0 spiro atoms. The van der Waals surface area contributed by atoms with Gasteiger partial charge in [-0.15, -0.1) is 11.3 Å². The highest BCUT2D eigenvalue weighted by molar-refractivity contribution is 7.91. The van der Waals surface area contributed by atoms with Crippen LogP contribution in [-0.2, 0) is 10.0 Å². The van der Waals surface area contributed by atoms with E-state index in [1.54, 1.807) is 29.9 Å². The Balaban J connectivity index is 1.59. The Bertz CT molecular complexity index is 950. The molecule has 0 saturated heterocycles. The van der Waals surface area contributed by atoms with Crippen LogP contribution >= 0.6 is 11.3 Å². The SMILES string of the molecule is Cc1ncn(-c2cc(NCCNS(=O)(=O)c3cccs3)ncn2)c1C. The van der Waals surface area contributed by atoms with Crippen molar-refractivity contribution >= 4 is 27.2 Å². The molecule has 0 aliphatic carbocycles. The van der Waals surface area contributed by atoms with Crippen molar-refractivity contribution in [1.82, 2.24) is 24.2 Å². The van der Waals surface area contributed by atoms with Gasteiger partial charge in [-0.05, 0) is 25.3 Å². The number of aryl methyl sites for hydroxylation is 1. The summed E-state index contributed by atoms with van der Waals surface area (Å²) in [5.74, 6) is 1.32. The number of hydrogen-bond acceptors (Lipinski definition) is 7. The van der Waals surface area contributed by atoms with Crippen LogP contribution in [0.1, 0.15) is 11.4 Å². The van der Waals surface area contributed by atoms with Crippen molar-refractivity contribution < 1.29 is 8.42 Å². The zero-order valence-corrected chi connectivity index (χ0v) is 15.4. The van der Waals surface area contributed by atoms with E-state index in [9.17, 15) is 8.42 Å². The summed E-state index contributed by atoms with van der Waals surface area (Å²) in [4.78, 5) is 12.7. The fourth-order valence-corrected chi connectivity index (χ4v) is 4.24. The van der Waals surface area contributed by atoms with Gasteiger partial charge in [-0.25, -0.2) is 28.1 Å². The minimum Gasteiger partial charge on any atom is -0.369 e. The molecule has 2 N–H and O–H groups in total. The molecule has 0 atom stereocenters. The molecule has 25 heavy (non-hydrogen) atoms. The second-order valence-electron chi connectivity index (χ2n) is 5.30. The maximum absolute atomic E-state index is 12.0. The molecular formula is C15H18N6O2S2. The summed E-state index contributed by atoms with van der Waals surface area (Å²) >= 11 is 1.19. The van der Waals surface area contributed by atoms with Crippen LogP contribution in [-0.4, -0.2) is 41.0 Å². The summed E-state index contributed by atoms with van der Waals surface area (Å²) in [5.41, 5.74) is 1.95. The molecule has 0 radical (unpaired) electrons. The summed E-state index contributed by atoms with van der Waals surface area (Å²) in [6.45, 7) is 4.56. The van der Waals surface area contributed by atoms with Crippen molar-refractivity contribution in [3.63, 3.8) is 0 Å². The second kappa shape index (κ2) is 7.30. The maximum Gasteiger partial charge on any atom is 0.250 e. The summed E-state index contributed by atoms with van der Waals surface area (Å²) < 4.78 is 28.8. The van der Waals surface area contributed by atoms with Crippen LogP contribution < -0.4 is 10.0 Å². The van der Waals surface area contributed by atoms with E-state index in [1.807, 2.05) is 18.4 Å². The number of sulfonamides is 1. The van der Waals surface area contributed by atoms with E-state index in [0.717, 1.165) is 11.4 Å². The van der Waals surface area contributed by atoms with E-state index in [0.29, 0.717) is 22.4 Å². The quantitative estimate of drug-likeness (QED) is 0.607. The number of imidazole rings is 1. The summed E-state index contributed by atoms with van der Waals surface area (Å²) in [6, 6.07) is 5.08. The first-order chi connectivity index (χ1) is 12.0. The lowest BCUT2D eigenvalue weighted by molar-refractivity contribution is 0.585. The number of nitrogens with one attached hydrogen (secondary N) is 2. The molecule has 0 amide bonds. The highest BCUT2D eigenvalue weighted by Crippen LogP contribution is 2.15. The van der Waals surface area contributed by atoms with Gasteiger partial charge in [0.2, 0.25) is 10.0 Å². The van der Waals surface area contributed by atoms with Crippen LogP contribution in [0.4, 0.5) is 5.82 Å². The third kappa shape index (κ3) is 4.03. The molecule has 0 fully saturated rings. The van der Waals surface area contributed by atoms with Crippen molar-refractivity contribution in [2.24, 2.45) is 0 Å². The van der Waals surface area contributed by atoms with Crippen LogP contribution in [0, 0.1) is 13.8 Å². The predicted molar refractivity (Wildman–Crippen MR) is 96.6 cm³/mol. The molecule has 10 heteroatoms. The van der Waals surface area contributed by atoms with E-state index >= 15 is 0 Å². The molecule has 0 unspecified atom stereocenters. The third-order valence-electron chi connectivity index (χ3n) is 3.63. The fraction of sp³-hybridized carbons (Fsp3) is 0.267. The van der Waals surface area contributed by atoms with E-state index in [4.69, 9.17) is 0 Å². The van der Waals surface area contributed by atoms with Crippen molar-refractivity contribution in [3.05, 3.63) is 47.6 Å². The van der Waals surface area contributed by atoms with Crippen LogP contribution in [0.3, 0.4) is 0 Å². The lowest BCUT2D eigenvalue weighted by Crippen LogP contribution is -2.28. The van der Waals surface area contributed by atoms with Gasteiger partial charge in [0.05, 0.1) is 5.69 Å². The molecule has 8 nitrogen and oxygen atoms in total. The normalized spacial score (nSPS) is 11.6. The van der Waals surface area contributed by atoms with Crippen molar-refractivity contribution in [2.75, 3.05) is 18.4 Å².